The number of hydrogen-bond acceptors (Lipinski definition) is 6. The van der Waals surface area contributed by atoms with Crippen molar-refractivity contribution in [3.8, 4) is 11.3 Å². The van der Waals surface area contributed by atoms with Gasteiger partial charge in [0, 0.05) is 36.1 Å². The minimum atomic E-state index is -0.677. The second kappa shape index (κ2) is 8.39. The van der Waals surface area contributed by atoms with Crippen LogP contribution < -0.4 is 10.2 Å². The first-order chi connectivity index (χ1) is 14.4. The first-order valence-corrected chi connectivity index (χ1v) is 10.2. The molecule has 2 N–H and O–H groups in total. The molecule has 2 aliphatic rings. The second-order valence-electron chi connectivity index (χ2n) is 7.94. The maximum Gasteiger partial charge on any atom is 0.229 e. The Bertz CT molecular complexity index is 958. The summed E-state index contributed by atoms with van der Waals surface area (Å²) in [5.74, 6) is -0.285. The zero-order valence-corrected chi connectivity index (χ0v) is 17.0. The fraction of sp³-hybridized carbons (Fsp3) is 0.409. The van der Waals surface area contributed by atoms with Crippen LogP contribution in [0.5, 0.6) is 0 Å². The number of likely N-dealkylation sites (tertiary alicyclic amines) is 1. The van der Waals surface area contributed by atoms with Gasteiger partial charge in [-0.05, 0) is 31.9 Å². The molecule has 0 radical (unpaired) electrons. The first-order valence-electron chi connectivity index (χ1n) is 10.2. The van der Waals surface area contributed by atoms with Crippen molar-refractivity contribution in [3.63, 3.8) is 0 Å². The molecule has 0 bridgehead atoms. The molecule has 0 aliphatic carbocycles. The summed E-state index contributed by atoms with van der Waals surface area (Å²) in [6, 6.07) is 7.21. The molecule has 1 aromatic heterocycles. The lowest BCUT2D eigenvalue weighted by molar-refractivity contribution is -0.117. The van der Waals surface area contributed by atoms with E-state index >= 15 is 0 Å². The van der Waals surface area contributed by atoms with Gasteiger partial charge < -0.3 is 20.2 Å². The molecule has 2 fully saturated rings. The summed E-state index contributed by atoms with van der Waals surface area (Å²) in [7, 11) is 0. The number of halogens is 1. The largest absolute Gasteiger partial charge is 0.391 e. The van der Waals surface area contributed by atoms with Crippen LogP contribution in [-0.2, 0) is 4.79 Å². The highest BCUT2D eigenvalue weighted by atomic mass is 19.1. The van der Waals surface area contributed by atoms with E-state index in [1.54, 1.807) is 24.3 Å². The Kier molecular flexibility index (Phi) is 5.67. The molecule has 2 aromatic rings. The van der Waals surface area contributed by atoms with Crippen molar-refractivity contribution in [1.82, 2.24) is 14.9 Å². The van der Waals surface area contributed by atoms with E-state index in [1.807, 2.05) is 6.92 Å². The molecule has 3 heterocycles. The van der Waals surface area contributed by atoms with Gasteiger partial charge in [0.1, 0.15) is 5.69 Å². The molecule has 2 saturated heterocycles. The van der Waals surface area contributed by atoms with Crippen molar-refractivity contribution in [2.24, 2.45) is 0 Å². The van der Waals surface area contributed by atoms with Crippen molar-refractivity contribution in [2.45, 2.75) is 38.3 Å². The third kappa shape index (κ3) is 4.28. The van der Waals surface area contributed by atoms with Crippen LogP contribution in [-0.4, -0.2) is 57.7 Å². The summed E-state index contributed by atoms with van der Waals surface area (Å²) in [5, 5.41) is 13.1. The number of anilines is 2. The molecule has 8 heteroatoms. The zero-order chi connectivity index (χ0) is 21.3. The number of aromatic nitrogens is 2. The quantitative estimate of drug-likeness (QED) is 0.788. The third-order valence-corrected chi connectivity index (χ3v) is 5.65. The van der Waals surface area contributed by atoms with Crippen molar-refractivity contribution in [2.75, 3.05) is 29.9 Å². The van der Waals surface area contributed by atoms with Crippen LogP contribution in [0.25, 0.3) is 11.3 Å². The monoisotopic (exact) mass is 411 g/mol. The lowest BCUT2D eigenvalue weighted by Gasteiger charge is -2.34. The molecule has 2 aliphatic heterocycles. The van der Waals surface area contributed by atoms with Crippen LogP contribution in [0.3, 0.4) is 0 Å². The van der Waals surface area contributed by atoms with Crippen LogP contribution in [0.1, 0.15) is 26.2 Å². The highest BCUT2D eigenvalue weighted by molar-refractivity contribution is 5.96. The second-order valence-corrected chi connectivity index (χ2v) is 7.94. The van der Waals surface area contributed by atoms with Gasteiger partial charge in [-0.2, -0.15) is 0 Å². The highest BCUT2D eigenvalue weighted by Gasteiger charge is 2.29. The summed E-state index contributed by atoms with van der Waals surface area (Å²) >= 11 is 0. The number of carbonyl (C=O) groups is 1. The lowest BCUT2D eigenvalue weighted by Crippen LogP contribution is -2.38. The number of rotatable bonds is 5. The summed E-state index contributed by atoms with van der Waals surface area (Å²) in [6.45, 7) is 8.07. The van der Waals surface area contributed by atoms with Crippen molar-refractivity contribution >= 4 is 17.5 Å². The minimum Gasteiger partial charge on any atom is -0.391 e. The lowest BCUT2D eigenvalue weighted by atomic mass is 10.0. The Balaban J connectivity index is 1.52. The molecular weight excluding hydrogens is 385 g/mol. The number of benzene rings is 1. The number of amides is 1. The normalized spacial score (nSPS) is 20.0. The van der Waals surface area contributed by atoms with Crippen molar-refractivity contribution in [1.29, 1.82) is 0 Å². The van der Waals surface area contributed by atoms with Gasteiger partial charge >= 0.3 is 0 Å². The van der Waals surface area contributed by atoms with Crippen molar-refractivity contribution in [3.05, 3.63) is 48.6 Å². The predicted octanol–water partition coefficient (Wildman–Crippen LogP) is 2.79. The van der Waals surface area contributed by atoms with Crippen LogP contribution >= 0.6 is 0 Å². The fourth-order valence-corrected chi connectivity index (χ4v) is 3.99. The number of aliphatic hydroxyl groups excluding tert-OH is 1. The molecule has 7 nitrogen and oxygen atoms in total. The van der Waals surface area contributed by atoms with E-state index in [0.29, 0.717) is 17.2 Å². The summed E-state index contributed by atoms with van der Waals surface area (Å²) < 4.78 is 14.5. The molecule has 4 rings (SSSR count). The number of carbonyl (C=O) groups excluding carboxylic acids is 1. The summed E-state index contributed by atoms with van der Waals surface area (Å²) in [4.78, 5) is 24.4. The van der Waals surface area contributed by atoms with E-state index in [1.165, 1.54) is 11.1 Å². The maximum atomic E-state index is 14.5. The number of nitrogens with one attached hydrogen (secondary N) is 1. The molecular formula is C22H26FN5O2. The highest BCUT2D eigenvalue weighted by Crippen LogP contribution is 2.28. The summed E-state index contributed by atoms with van der Waals surface area (Å²) in [6.07, 6.45) is 2.45. The van der Waals surface area contributed by atoms with Gasteiger partial charge in [0.25, 0.3) is 0 Å². The first kappa shape index (κ1) is 20.3. The zero-order valence-electron chi connectivity index (χ0n) is 17.0. The van der Waals surface area contributed by atoms with Gasteiger partial charge in [0.2, 0.25) is 11.9 Å². The van der Waals surface area contributed by atoms with Gasteiger partial charge in [0.15, 0.2) is 5.82 Å². The van der Waals surface area contributed by atoms with Crippen molar-refractivity contribution < 1.29 is 14.3 Å². The molecule has 0 unspecified atom stereocenters. The molecule has 0 saturated carbocycles. The Morgan fingerprint density at radius 3 is 2.77 bits per heavy atom. The average molecular weight is 411 g/mol. The molecule has 1 aromatic carbocycles. The average Bonchev–Trinajstić information content (AvgIpc) is 3.08. The van der Waals surface area contributed by atoms with E-state index in [-0.39, 0.29) is 30.6 Å². The minimum absolute atomic E-state index is 0.102. The Labute approximate surface area is 175 Å². The number of aliphatic hydroxyl groups is 1. The van der Waals surface area contributed by atoms with E-state index in [2.05, 4.69) is 26.8 Å². The van der Waals surface area contributed by atoms with E-state index in [4.69, 9.17) is 0 Å². The van der Waals surface area contributed by atoms with Crippen LogP contribution in [0.2, 0.25) is 0 Å². The third-order valence-electron chi connectivity index (χ3n) is 5.65. The fourth-order valence-electron chi connectivity index (χ4n) is 3.99. The number of nitrogens with zero attached hydrogens (tertiary/aromatic N) is 4. The maximum absolute atomic E-state index is 14.5. The molecule has 30 heavy (non-hydrogen) atoms. The molecule has 0 spiro atoms. The predicted molar refractivity (Wildman–Crippen MR) is 113 cm³/mol. The smallest absolute Gasteiger partial charge is 0.229 e. The molecule has 158 valence electrons. The van der Waals surface area contributed by atoms with Crippen LogP contribution in [0, 0.1) is 5.82 Å². The van der Waals surface area contributed by atoms with Gasteiger partial charge in [-0.15, -0.1) is 0 Å². The van der Waals surface area contributed by atoms with Gasteiger partial charge in [-0.25, -0.2) is 14.4 Å². The molecule has 1 amide bonds. The SMILES string of the molecule is C=C(C)N1CCC(Nc2ncc(F)c(-c3cccc(N4C[C@@H](O)CC4=O)c3)n2)CC1. The van der Waals surface area contributed by atoms with E-state index < -0.39 is 11.9 Å². The topological polar surface area (TPSA) is 81.6 Å². The van der Waals surface area contributed by atoms with Gasteiger partial charge in [-0.3, -0.25) is 4.79 Å². The summed E-state index contributed by atoms with van der Waals surface area (Å²) in [5.41, 5.74) is 2.43. The molecule has 1 atom stereocenters. The number of allylic oxidation sites excluding steroid dienone is 1. The number of piperidine rings is 1. The standard InChI is InChI=1S/C22H26FN5O2/c1-14(2)27-8-6-16(7-9-27)25-22-24-12-19(23)21(26-22)15-4-3-5-17(10-15)28-13-18(29)11-20(28)30/h3-5,10,12,16,18,29H,1,6-9,11,13H2,2H3,(H,24,25,26)/t18-/m0/s1. The Hall–Kier alpha value is -3.00. The Morgan fingerprint density at radius 2 is 2.10 bits per heavy atom. The Morgan fingerprint density at radius 1 is 1.33 bits per heavy atom. The van der Waals surface area contributed by atoms with E-state index in [9.17, 15) is 14.3 Å². The van der Waals surface area contributed by atoms with Gasteiger partial charge in [-0.1, -0.05) is 18.7 Å². The van der Waals surface area contributed by atoms with Gasteiger partial charge in [0.05, 0.1) is 25.3 Å². The van der Waals surface area contributed by atoms with E-state index in [0.717, 1.165) is 31.6 Å². The number of hydrogen-bond donors (Lipinski definition) is 2. The number of β-amino-alcohol motifs (C(OH)–C–C–N with tert-alkyl or cyclic N) is 1. The van der Waals surface area contributed by atoms with Crippen LogP contribution in [0.15, 0.2) is 42.7 Å². The van der Waals surface area contributed by atoms with Crippen LogP contribution in [0.4, 0.5) is 16.0 Å².